The number of morpholine rings is 1. The molecule has 2 N–H and O–H groups in total. The molecule has 1 saturated heterocycles. The molecule has 0 saturated carbocycles. The highest BCUT2D eigenvalue weighted by Crippen LogP contribution is 2.19. The van der Waals surface area contributed by atoms with Gasteiger partial charge in [0, 0.05) is 30.9 Å². The van der Waals surface area contributed by atoms with Gasteiger partial charge in [0.25, 0.3) is 5.91 Å². The molecule has 5 heteroatoms. The fourth-order valence-corrected chi connectivity index (χ4v) is 2.90. The Labute approximate surface area is 148 Å². The Bertz CT molecular complexity index is 722. The van der Waals surface area contributed by atoms with Crippen LogP contribution in [-0.4, -0.2) is 42.2 Å². The van der Waals surface area contributed by atoms with Crippen molar-refractivity contribution in [3.8, 4) is 0 Å². The summed E-state index contributed by atoms with van der Waals surface area (Å²) in [5.74, 6) is 0.0672. The number of rotatable bonds is 5. The van der Waals surface area contributed by atoms with Crippen molar-refractivity contribution >= 4 is 11.6 Å². The fraction of sp³-hybridized carbons (Fsp3) is 0.350. The predicted molar refractivity (Wildman–Crippen MR) is 97.6 cm³/mol. The molecule has 1 fully saturated rings. The lowest BCUT2D eigenvalue weighted by Gasteiger charge is -2.27. The zero-order valence-corrected chi connectivity index (χ0v) is 14.5. The maximum absolute atomic E-state index is 12.5. The van der Waals surface area contributed by atoms with Crippen molar-refractivity contribution in [2.24, 2.45) is 0 Å². The van der Waals surface area contributed by atoms with E-state index in [-0.39, 0.29) is 12.5 Å². The summed E-state index contributed by atoms with van der Waals surface area (Å²) in [4.78, 5) is 14.4. The van der Waals surface area contributed by atoms with Crippen molar-refractivity contribution in [2.75, 3.05) is 31.6 Å². The lowest BCUT2D eigenvalue weighted by Crippen LogP contribution is -2.40. The summed E-state index contributed by atoms with van der Waals surface area (Å²) in [5.41, 5.74) is 4.84. The molecule has 0 bridgehead atoms. The molecule has 0 aromatic heterocycles. The van der Waals surface area contributed by atoms with Gasteiger partial charge in [0.1, 0.15) is 0 Å². The second-order valence-electron chi connectivity index (χ2n) is 6.26. The van der Waals surface area contributed by atoms with Crippen molar-refractivity contribution in [3.05, 3.63) is 64.7 Å². The molecular formula is C20H24N2O3. The lowest BCUT2D eigenvalue weighted by atomic mass is 10.1. The molecule has 3 rings (SSSR count). The predicted octanol–water partition coefficient (Wildman–Crippen LogP) is 2.57. The summed E-state index contributed by atoms with van der Waals surface area (Å²) in [6.45, 7) is 5.30. The van der Waals surface area contributed by atoms with E-state index >= 15 is 0 Å². The van der Waals surface area contributed by atoms with E-state index in [0.29, 0.717) is 32.8 Å². The van der Waals surface area contributed by atoms with E-state index in [0.717, 1.165) is 27.9 Å². The van der Waals surface area contributed by atoms with Gasteiger partial charge in [-0.1, -0.05) is 24.3 Å². The third-order valence-electron chi connectivity index (χ3n) is 4.46. The number of anilines is 1. The van der Waals surface area contributed by atoms with Crippen LogP contribution < -0.4 is 5.32 Å². The van der Waals surface area contributed by atoms with Crippen LogP contribution in [0.1, 0.15) is 27.0 Å². The molecule has 1 aliphatic heterocycles. The normalized spacial score (nSPS) is 14.4. The number of hydrogen-bond acceptors (Lipinski definition) is 4. The summed E-state index contributed by atoms with van der Waals surface area (Å²) in [6, 6.07) is 13.6. The van der Waals surface area contributed by atoms with Gasteiger partial charge in [-0.15, -0.1) is 0 Å². The van der Waals surface area contributed by atoms with Gasteiger partial charge in [0.15, 0.2) is 0 Å². The van der Waals surface area contributed by atoms with E-state index in [4.69, 9.17) is 9.84 Å². The third kappa shape index (κ3) is 4.38. The minimum Gasteiger partial charge on any atom is -0.392 e. The van der Waals surface area contributed by atoms with Crippen LogP contribution in [0, 0.1) is 6.92 Å². The molecule has 5 nitrogen and oxygen atoms in total. The second kappa shape index (κ2) is 8.14. The first-order chi connectivity index (χ1) is 12.2. The Morgan fingerprint density at radius 3 is 2.44 bits per heavy atom. The largest absolute Gasteiger partial charge is 0.392 e. The number of benzene rings is 2. The quantitative estimate of drug-likeness (QED) is 0.878. The molecule has 0 atom stereocenters. The highest BCUT2D eigenvalue weighted by Gasteiger charge is 2.18. The number of hydrogen-bond donors (Lipinski definition) is 2. The Kier molecular flexibility index (Phi) is 5.68. The number of aliphatic hydroxyl groups excluding tert-OH is 1. The Morgan fingerprint density at radius 2 is 1.80 bits per heavy atom. The van der Waals surface area contributed by atoms with Crippen molar-refractivity contribution in [3.63, 3.8) is 0 Å². The van der Waals surface area contributed by atoms with E-state index in [2.05, 4.69) is 5.32 Å². The number of carbonyl (C=O) groups is 1. The monoisotopic (exact) mass is 340 g/mol. The average molecular weight is 340 g/mol. The molecule has 2 aromatic carbocycles. The maximum Gasteiger partial charge on any atom is 0.254 e. The number of nitrogens with zero attached hydrogens (tertiary/aromatic N) is 1. The number of aliphatic hydroxyl groups is 1. The molecule has 0 spiro atoms. The van der Waals surface area contributed by atoms with Gasteiger partial charge in [-0.2, -0.15) is 0 Å². The number of ether oxygens (including phenoxy) is 1. The van der Waals surface area contributed by atoms with E-state index in [1.54, 1.807) is 0 Å². The van der Waals surface area contributed by atoms with Gasteiger partial charge in [0.2, 0.25) is 0 Å². The number of carbonyl (C=O) groups excluding carboxylic acids is 1. The molecule has 132 valence electrons. The standard InChI is InChI=1S/C20H24N2O3/c1-15-12-18(20(24)22-8-10-25-11-9-22)6-7-19(15)21-13-16-2-4-17(14-23)5-3-16/h2-7,12,21,23H,8-11,13-14H2,1H3. The topological polar surface area (TPSA) is 61.8 Å². The number of aryl methyl sites for hydroxylation is 1. The van der Waals surface area contributed by atoms with Gasteiger partial charge in [0.05, 0.1) is 19.8 Å². The van der Waals surface area contributed by atoms with Gasteiger partial charge in [-0.05, 0) is 41.8 Å². The van der Waals surface area contributed by atoms with Crippen molar-refractivity contribution in [2.45, 2.75) is 20.1 Å². The van der Waals surface area contributed by atoms with Crippen molar-refractivity contribution in [1.29, 1.82) is 0 Å². The minimum absolute atomic E-state index is 0.0610. The molecule has 0 aliphatic carbocycles. The van der Waals surface area contributed by atoms with Crippen LogP contribution in [-0.2, 0) is 17.9 Å². The van der Waals surface area contributed by atoms with E-state index in [1.165, 1.54) is 0 Å². The maximum atomic E-state index is 12.5. The van der Waals surface area contributed by atoms with Gasteiger partial charge < -0.3 is 20.1 Å². The lowest BCUT2D eigenvalue weighted by molar-refractivity contribution is 0.0303. The van der Waals surface area contributed by atoms with Crippen LogP contribution in [0.2, 0.25) is 0 Å². The van der Waals surface area contributed by atoms with E-state index in [9.17, 15) is 4.79 Å². The van der Waals surface area contributed by atoms with E-state index < -0.39 is 0 Å². The molecular weight excluding hydrogens is 316 g/mol. The van der Waals surface area contributed by atoms with Crippen LogP contribution >= 0.6 is 0 Å². The average Bonchev–Trinajstić information content (AvgIpc) is 2.67. The first-order valence-corrected chi connectivity index (χ1v) is 8.57. The second-order valence-corrected chi connectivity index (χ2v) is 6.26. The smallest absolute Gasteiger partial charge is 0.254 e. The number of amides is 1. The van der Waals surface area contributed by atoms with Gasteiger partial charge >= 0.3 is 0 Å². The van der Waals surface area contributed by atoms with Crippen LogP contribution in [0.4, 0.5) is 5.69 Å². The SMILES string of the molecule is Cc1cc(C(=O)N2CCOCC2)ccc1NCc1ccc(CO)cc1. The van der Waals surface area contributed by atoms with Crippen molar-refractivity contribution in [1.82, 2.24) is 4.90 Å². The molecule has 25 heavy (non-hydrogen) atoms. The van der Waals surface area contributed by atoms with Gasteiger partial charge in [-0.3, -0.25) is 4.79 Å². The fourth-order valence-electron chi connectivity index (χ4n) is 2.90. The molecule has 1 aliphatic rings. The summed E-state index contributed by atoms with van der Waals surface area (Å²) >= 11 is 0. The van der Waals surface area contributed by atoms with Crippen molar-refractivity contribution < 1.29 is 14.6 Å². The first-order valence-electron chi connectivity index (χ1n) is 8.57. The molecule has 1 heterocycles. The Balaban J connectivity index is 1.63. The Hall–Kier alpha value is -2.37. The Morgan fingerprint density at radius 1 is 1.12 bits per heavy atom. The summed E-state index contributed by atoms with van der Waals surface area (Å²) in [7, 11) is 0. The molecule has 0 unspecified atom stereocenters. The minimum atomic E-state index is 0.0610. The summed E-state index contributed by atoms with van der Waals surface area (Å²) in [5, 5.41) is 12.5. The molecule has 1 amide bonds. The zero-order chi connectivity index (χ0) is 17.6. The van der Waals surface area contributed by atoms with Crippen LogP contribution in [0.15, 0.2) is 42.5 Å². The third-order valence-corrected chi connectivity index (χ3v) is 4.46. The van der Waals surface area contributed by atoms with Gasteiger partial charge in [-0.25, -0.2) is 0 Å². The zero-order valence-electron chi connectivity index (χ0n) is 14.5. The highest BCUT2D eigenvalue weighted by atomic mass is 16.5. The highest BCUT2D eigenvalue weighted by molar-refractivity contribution is 5.95. The molecule has 2 aromatic rings. The van der Waals surface area contributed by atoms with Crippen LogP contribution in [0.25, 0.3) is 0 Å². The van der Waals surface area contributed by atoms with Crippen LogP contribution in [0.3, 0.4) is 0 Å². The van der Waals surface area contributed by atoms with Crippen LogP contribution in [0.5, 0.6) is 0 Å². The number of nitrogens with one attached hydrogen (secondary N) is 1. The summed E-state index contributed by atoms with van der Waals surface area (Å²) < 4.78 is 5.30. The first kappa shape index (κ1) is 17.5. The summed E-state index contributed by atoms with van der Waals surface area (Å²) in [6.07, 6.45) is 0. The van der Waals surface area contributed by atoms with E-state index in [1.807, 2.05) is 54.3 Å². The molecule has 0 radical (unpaired) electrons.